The van der Waals surface area contributed by atoms with Gasteiger partial charge in [-0.05, 0) is 37.8 Å². The van der Waals surface area contributed by atoms with Gasteiger partial charge in [0.2, 0.25) is 11.8 Å². The van der Waals surface area contributed by atoms with Crippen molar-refractivity contribution < 1.29 is 14.3 Å². The number of nitrogens with zero attached hydrogens (tertiary/aromatic N) is 1. The average molecular weight is 318 g/mol. The van der Waals surface area contributed by atoms with Crippen molar-refractivity contribution in [1.29, 1.82) is 0 Å². The minimum Gasteiger partial charge on any atom is -0.491 e. The van der Waals surface area contributed by atoms with Crippen LogP contribution < -0.4 is 10.1 Å². The number of nitrogens with one attached hydrogen (secondary N) is 1. The molecule has 5 nitrogen and oxygen atoms in total. The van der Waals surface area contributed by atoms with Crippen LogP contribution in [0.4, 0.5) is 0 Å². The van der Waals surface area contributed by atoms with Crippen molar-refractivity contribution in [1.82, 2.24) is 10.2 Å². The molecule has 0 aliphatic carbocycles. The number of rotatable bonds is 5. The Kier molecular flexibility index (Phi) is 6.02. The monoisotopic (exact) mass is 318 g/mol. The SMILES string of the molecule is CC(=O)N1CCC[C@H](C(=O)NCCOc2c(C)cccc2C)C1. The van der Waals surface area contributed by atoms with Crippen molar-refractivity contribution >= 4 is 11.8 Å². The van der Waals surface area contributed by atoms with E-state index in [9.17, 15) is 9.59 Å². The summed E-state index contributed by atoms with van der Waals surface area (Å²) >= 11 is 0. The van der Waals surface area contributed by atoms with E-state index in [1.807, 2.05) is 32.0 Å². The highest BCUT2D eigenvalue weighted by molar-refractivity contribution is 5.80. The second-order valence-electron chi connectivity index (χ2n) is 6.16. The molecule has 0 aromatic heterocycles. The van der Waals surface area contributed by atoms with Gasteiger partial charge in [0, 0.05) is 20.0 Å². The van der Waals surface area contributed by atoms with Gasteiger partial charge in [0.1, 0.15) is 12.4 Å². The number of ether oxygens (including phenoxy) is 1. The first-order valence-electron chi connectivity index (χ1n) is 8.21. The third-order valence-corrected chi connectivity index (χ3v) is 4.29. The number of benzene rings is 1. The second-order valence-corrected chi connectivity index (χ2v) is 6.16. The van der Waals surface area contributed by atoms with Gasteiger partial charge < -0.3 is 15.0 Å². The molecule has 23 heavy (non-hydrogen) atoms. The molecule has 0 saturated carbocycles. The number of amides is 2. The second kappa shape index (κ2) is 7.99. The summed E-state index contributed by atoms with van der Waals surface area (Å²) in [5, 5.41) is 2.92. The van der Waals surface area contributed by atoms with E-state index in [2.05, 4.69) is 5.32 Å². The van der Waals surface area contributed by atoms with Crippen LogP contribution in [-0.4, -0.2) is 43.0 Å². The molecular formula is C18H26N2O3. The predicted molar refractivity (Wildman–Crippen MR) is 89.4 cm³/mol. The average Bonchev–Trinajstić information content (AvgIpc) is 2.53. The molecular weight excluding hydrogens is 292 g/mol. The molecule has 0 unspecified atom stereocenters. The first kappa shape index (κ1) is 17.3. The molecule has 0 radical (unpaired) electrons. The summed E-state index contributed by atoms with van der Waals surface area (Å²) in [6.07, 6.45) is 1.73. The van der Waals surface area contributed by atoms with Crippen molar-refractivity contribution in [2.24, 2.45) is 5.92 Å². The summed E-state index contributed by atoms with van der Waals surface area (Å²) in [5.74, 6) is 0.844. The Labute approximate surface area is 138 Å². The van der Waals surface area contributed by atoms with Crippen molar-refractivity contribution in [2.45, 2.75) is 33.6 Å². The molecule has 1 aliphatic heterocycles. The fourth-order valence-corrected chi connectivity index (χ4v) is 2.98. The summed E-state index contributed by atoms with van der Waals surface area (Å²) in [4.78, 5) is 25.4. The Bertz CT molecular complexity index is 551. The summed E-state index contributed by atoms with van der Waals surface area (Å²) < 4.78 is 5.79. The normalized spacial score (nSPS) is 17.7. The fourth-order valence-electron chi connectivity index (χ4n) is 2.98. The maximum atomic E-state index is 12.2. The van der Waals surface area contributed by atoms with E-state index in [1.165, 1.54) is 0 Å². The van der Waals surface area contributed by atoms with Crippen LogP contribution in [0.1, 0.15) is 30.9 Å². The Balaban J connectivity index is 1.76. The number of carbonyl (C=O) groups is 2. The van der Waals surface area contributed by atoms with Gasteiger partial charge in [-0.2, -0.15) is 0 Å². The number of hydrogen-bond acceptors (Lipinski definition) is 3. The Hall–Kier alpha value is -2.04. The van der Waals surface area contributed by atoms with Gasteiger partial charge in [0.05, 0.1) is 12.5 Å². The van der Waals surface area contributed by atoms with E-state index < -0.39 is 0 Å². The van der Waals surface area contributed by atoms with E-state index in [-0.39, 0.29) is 17.7 Å². The summed E-state index contributed by atoms with van der Waals surface area (Å²) in [5.41, 5.74) is 2.20. The molecule has 2 amide bonds. The fraction of sp³-hybridized carbons (Fsp3) is 0.556. The molecule has 1 aromatic carbocycles. The lowest BCUT2D eigenvalue weighted by Crippen LogP contribution is -2.45. The predicted octanol–water partition coefficient (Wildman–Crippen LogP) is 2.06. The maximum absolute atomic E-state index is 12.2. The summed E-state index contributed by atoms with van der Waals surface area (Å²) in [6.45, 7) is 7.79. The largest absolute Gasteiger partial charge is 0.491 e. The van der Waals surface area contributed by atoms with Crippen LogP contribution in [-0.2, 0) is 9.59 Å². The molecule has 2 rings (SSSR count). The third-order valence-electron chi connectivity index (χ3n) is 4.29. The van der Waals surface area contributed by atoms with Gasteiger partial charge in [-0.3, -0.25) is 9.59 Å². The van der Waals surface area contributed by atoms with Gasteiger partial charge in [0.15, 0.2) is 0 Å². The Morgan fingerprint density at radius 2 is 2.00 bits per heavy atom. The van der Waals surface area contributed by atoms with Crippen LogP contribution >= 0.6 is 0 Å². The maximum Gasteiger partial charge on any atom is 0.225 e. The number of para-hydroxylation sites is 1. The molecule has 5 heteroatoms. The molecule has 1 heterocycles. The zero-order valence-electron chi connectivity index (χ0n) is 14.2. The van der Waals surface area contributed by atoms with Crippen molar-refractivity contribution in [3.63, 3.8) is 0 Å². The molecule has 1 atom stereocenters. The van der Waals surface area contributed by atoms with Crippen LogP contribution in [0.25, 0.3) is 0 Å². The van der Waals surface area contributed by atoms with Gasteiger partial charge in [-0.15, -0.1) is 0 Å². The highest BCUT2D eigenvalue weighted by atomic mass is 16.5. The molecule has 1 aliphatic rings. The highest BCUT2D eigenvalue weighted by Gasteiger charge is 2.26. The van der Waals surface area contributed by atoms with Crippen molar-refractivity contribution in [3.8, 4) is 5.75 Å². The van der Waals surface area contributed by atoms with E-state index in [0.29, 0.717) is 19.7 Å². The number of likely N-dealkylation sites (tertiary alicyclic amines) is 1. The van der Waals surface area contributed by atoms with Crippen molar-refractivity contribution in [3.05, 3.63) is 29.3 Å². The smallest absolute Gasteiger partial charge is 0.225 e. The zero-order chi connectivity index (χ0) is 16.8. The summed E-state index contributed by atoms with van der Waals surface area (Å²) in [6, 6.07) is 6.03. The third kappa shape index (κ3) is 4.71. The minimum absolute atomic E-state index is 0.0149. The number of carbonyl (C=O) groups excluding carboxylic acids is 2. The minimum atomic E-state index is -0.104. The number of hydrogen-bond donors (Lipinski definition) is 1. The van der Waals surface area contributed by atoms with E-state index in [1.54, 1.807) is 11.8 Å². The molecule has 1 saturated heterocycles. The van der Waals surface area contributed by atoms with Gasteiger partial charge in [-0.25, -0.2) is 0 Å². The molecule has 1 N–H and O–H groups in total. The van der Waals surface area contributed by atoms with Gasteiger partial charge >= 0.3 is 0 Å². The standard InChI is InChI=1S/C18H26N2O3/c1-13-6-4-7-14(2)17(13)23-11-9-19-18(22)16-8-5-10-20(12-16)15(3)21/h4,6-7,16H,5,8-12H2,1-3H3,(H,19,22)/t16-/m0/s1. The van der Waals surface area contributed by atoms with E-state index >= 15 is 0 Å². The summed E-state index contributed by atoms with van der Waals surface area (Å²) in [7, 11) is 0. The number of aryl methyl sites for hydroxylation is 2. The number of piperidine rings is 1. The Morgan fingerprint density at radius 3 is 2.65 bits per heavy atom. The lowest BCUT2D eigenvalue weighted by atomic mass is 9.97. The highest BCUT2D eigenvalue weighted by Crippen LogP contribution is 2.22. The molecule has 126 valence electrons. The van der Waals surface area contributed by atoms with E-state index in [4.69, 9.17) is 4.74 Å². The van der Waals surface area contributed by atoms with Crippen LogP contribution in [0.15, 0.2) is 18.2 Å². The molecule has 1 fully saturated rings. The van der Waals surface area contributed by atoms with Crippen LogP contribution in [0.3, 0.4) is 0 Å². The molecule has 1 aromatic rings. The Morgan fingerprint density at radius 1 is 1.30 bits per heavy atom. The first-order valence-corrected chi connectivity index (χ1v) is 8.21. The van der Waals surface area contributed by atoms with Crippen molar-refractivity contribution in [2.75, 3.05) is 26.2 Å². The van der Waals surface area contributed by atoms with Crippen LogP contribution in [0, 0.1) is 19.8 Å². The molecule has 0 bridgehead atoms. The van der Waals surface area contributed by atoms with Crippen LogP contribution in [0.5, 0.6) is 5.75 Å². The van der Waals surface area contributed by atoms with Gasteiger partial charge in [0.25, 0.3) is 0 Å². The lowest BCUT2D eigenvalue weighted by Gasteiger charge is -2.31. The first-order chi connectivity index (χ1) is 11.0. The molecule has 0 spiro atoms. The quantitative estimate of drug-likeness (QED) is 0.846. The van der Waals surface area contributed by atoms with E-state index in [0.717, 1.165) is 36.3 Å². The van der Waals surface area contributed by atoms with Gasteiger partial charge in [-0.1, -0.05) is 18.2 Å². The van der Waals surface area contributed by atoms with Crippen LogP contribution in [0.2, 0.25) is 0 Å². The topological polar surface area (TPSA) is 58.6 Å². The zero-order valence-corrected chi connectivity index (χ0v) is 14.2. The lowest BCUT2D eigenvalue weighted by molar-refractivity contribution is -0.134.